The Kier molecular flexibility index (Phi) is 7.65. The summed E-state index contributed by atoms with van der Waals surface area (Å²) in [6.07, 6.45) is 2.30. The van der Waals surface area contributed by atoms with Crippen molar-refractivity contribution in [2.75, 3.05) is 39.8 Å². The summed E-state index contributed by atoms with van der Waals surface area (Å²) in [5.74, 6) is 1.50. The molecule has 1 aliphatic rings. The van der Waals surface area contributed by atoms with E-state index in [1.54, 1.807) is 0 Å². The first-order valence-corrected chi connectivity index (χ1v) is 12.0. The fourth-order valence-electron chi connectivity index (χ4n) is 3.96. The number of anilines is 1. The fourth-order valence-corrected chi connectivity index (χ4v) is 5.59. The number of piperidine rings is 1. The van der Waals surface area contributed by atoms with Crippen molar-refractivity contribution in [1.29, 1.82) is 0 Å². The largest absolute Gasteiger partial charge is 0.493 e. The second kappa shape index (κ2) is 10.3. The van der Waals surface area contributed by atoms with Gasteiger partial charge in [0.2, 0.25) is 15.8 Å². The van der Waals surface area contributed by atoms with Crippen LogP contribution in [0.2, 0.25) is 0 Å². The molecule has 11 heteroatoms. The Morgan fingerprint density at radius 3 is 2.12 bits per heavy atom. The van der Waals surface area contributed by atoms with Gasteiger partial charge in [0.25, 0.3) is 5.91 Å². The first kappa shape index (κ1) is 24.6. The Balaban J connectivity index is 1.69. The van der Waals surface area contributed by atoms with Gasteiger partial charge in [-0.1, -0.05) is 13.8 Å². The predicted molar refractivity (Wildman–Crippen MR) is 123 cm³/mol. The van der Waals surface area contributed by atoms with Crippen molar-refractivity contribution >= 4 is 21.7 Å². The number of hydrogen-bond donors (Lipinski definition) is 2. The number of hydrogen-bond acceptors (Lipinski definition) is 8. The van der Waals surface area contributed by atoms with Crippen LogP contribution >= 0.6 is 0 Å². The normalized spacial score (nSPS) is 18.9. The minimum atomic E-state index is -3.62. The summed E-state index contributed by atoms with van der Waals surface area (Å²) in [5, 5.41) is 0. The highest BCUT2D eigenvalue weighted by molar-refractivity contribution is 7.89. The SMILES string of the molecule is COc1cc(C(=O)NNc2ccc(S(=O)(=O)N3C[C@H](C)C[C@@H](C)C3)cn2)cc(OC)c1OC. The van der Waals surface area contributed by atoms with Gasteiger partial charge in [0.15, 0.2) is 11.5 Å². The first-order valence-electron chi connectivity index (χ1n) is 10.5. The summed E-state index contributed by atoms with van der Waals surface area (Å²) in [6.45, 7) is 5.11. The monoisotopic (exact) mass is 478 g/mol. The van der Waals surface area contributed by atoms with E-state index < -0.39 is 15.9 Å². The zero-order chi connectivity index (χ0) is 24.2. The highest BCUT2D eigenvalue weighted by Crippen LogP contribution is 2.38. The van der Waals surface area contributed by atoms with Gasteiger partial charge >= 0.3 is 0 Å². The zero-order valence-electron chi connectivity index (χ0n) is 19.4. The van der Waals surface area contributed by atoms with Crippen molar-refractivity contribution < 1.29 is 27.4 Å². The van der Waals surface area contributed by atoms with E-state index in [9.17, 15) is 13.2 Å². The molecule has 1 aromatic carbocycles. The molecule has 0 spiro atoms. The molecule has 10 nitrogen and oxygen atoms in total. The van der Waals surface area contributed by atoms with Gasteiger partial charge in [-0.05, 0) is 42.5 Å². The molecular weight excluding hydrogens is 448 g/mol. The molecule has 1 aliphatic heterocycles. The van der Waals surface area contributed by atoms with Crippen molar-refractivity contribution in [1.82, 2.24) is 14.7 Å². The smallest absolute Gasteiger partial charge is 0.269 e. The summed E-state index contributed by atoms with van der Waals surface area (Å²) in [4.78, 5) is 16.8. The van der Waals surface area contributed by atoms with Gasteiger partial charge in [0.05, 0.1) is 21.3 Å². The standard InChI is InChI=1S/C22H30N4O6S/c1-14-8-15(2)13-26(12-14)33(28,29)17-6-7-20(23-11-17)24-25-22(27)16-9-18(30-3)21(32-5)19(10-16)31-4/h6-7,9-11,14-15H,8,12-13H2,1-5H3,(H,23,24)(H,25,27)/t14-,15-/m1/s1. The minimum absolute atomic E-state index is 0.116. The highest BCUT2D eigenvalue weighted by Gasteiger charge is 2.31. The zero-order valence-corrected chi connectivity index (χ0v) is 20.2. The number of nitrogens with zero attached hydrogens (tertiary/aromatic N) is 2. The Labute approximate surface area is 194 Å². The average molecular weight is 479 g/mol. The van der Waals surface area contributed by atoms with Crippen LogP contribution in [-0.4, -0.2) is 58.0 Å². The lowest BCUT2D eigenvalue weighted by molar-refractivity contribution is 0.0961. The molecule has 0 radical (unpaired) electrons. The van der Waals surface area contributed by atoms with Gasteiger partial charge in [-0.2, -0.15) is 4.31 Å². The average Bonchev–Trinajstić information content (AvgIpc) is 2.81. The molecule has 180 valence electrons. The molecule has 1 aromatic heterocycles. The minimum Gasteiger partial charge on any atom is -0.493 e. The van der Waals surface area contributed by atoms with E-state index in [0.29, 0.717) is 42.2 Å². The summed E-state index contributed by atoms with van der Waals surface area (Å²) in [6, 6.07) is 6.00. The molecule has 3 rings (SSSR count). The van der Waals surface area contributed by atoms with Crippen LogP contribution in [0.3, 0.4) is 0 Å². The van der Waals surface area contributed by atoms with Gasteiger partial charge in [-0.25, -0.2) is 13.4 Å². The molecule has 2 N–H and O–H groups in total. The number of amides is 1. The summed E-state index contributed by atoms with van der Waals surface area (Å²) in [7, 11) is 0.772. The molecule has 0 saturated carbocycles. The molecule has 1 saturated heterocycles. The molecular formula is C22H30N4O6S. The van der Waals surface area contributed by atoms with Crippen molar-refractivity contribution in [3.8, 4) is 17.2 Å². The third-order valence-electron chi connectivity index (χ3n) is 5.44. The van der Waals surface area contributed by atoms with Crippen LogP contribution in [0.1, 0.15) is 30.6 Å². The van der Waals surface area contributed by atoms with E-state index >= 15 is 0 Å². The first-order chi connectivity index (χ1) is 15.7. The maximum atomic E-state index is 13.0. The van der Waals surface area contributed by atoms with Crippen LogP contribution in [-0.2, 0) is 10.0 Å². The molecule has 0 unspecified atom stereocenters. The van der Waals surface area contributed by atoms with E-state index in [0.717, 1.165) is 6.42 Å². The number of carbonyl (C=O) groups excluding carboxylic acids is 1. The van der Waals surface area contributed by atoms with Gasteiger partial charge < -0.3 is 14.2 Å². The number of carbonyl (C=O) groups is 1. The maximum absolute atomic E-state index is 13.0. The molecule has 2 atom stereocenters. The predicted octanol–water partition coefficient (Wildman–Crippen LogP) is 2.53. The molecule has 1 fully saturated rings. The summed E-state index contributed by atoms with van der Waals surface area (Å²) < 4.78 is 43.2. The molecule has 2 aromatic rings. The summed E-state index contributed by atoms with van der Waals surface area (Å²) >= 11 is 0. The van der Waals surface area contributed by atoms with Crippen LogP contribution in [0, 0.1) is 11.8 Å². The lowest BCUT2D eigenvalue weighted by atomic mass is 9.94. The molecule has 1 amide bonds. The lowest BCUT2D eigenvalue weighted by Crippen LogP contribution is -2.42. The van der Waals surface area contributed by atoms with Gasteiger partial charge in [0.1, 0.15) is 10.7 Å². The van der Waals surface area contributed by atoms with Gasteiger partial charge in [-0.3, -0.25) is 15.6 Å². The van der Waals surface area contributed by atoms with Crippen LogP contribution in [0.25, 0.3) is 0 Å². The fraction of sp³-hybridized carbons (Fsp3) is 0.455. The van der Waals surface area contributed by atoms with E-state index in [1.807, 2.05) is 0 Å². The third-order valence-corrected chi connectivity index (χ3v) is 7.26. The number of methoxy groups -OCH3 is 3. The Bertz CT molecular complexity index is 1060. The highest BCUT2D eigenvalue weighted by atomic mass is 32.2. The molecule has 0 aliphatic carbocycles. The second-order valence-corrected chi connectivity index (χ2v) is 10.1. The van der Waals surface area contributed by atoms with Crippen molar-refractivity contribution in [2.24, 2.45) is 11.8 Å². The molecule has 2 heterocycles. The number of hydrazine groups is 1. The molecule has 33 heavy (non-hydrogen) atoms. The number of sulfonamides is 1. The molecule has 0 bridgehead atoms. The second-order valence-electron chi connectivity index (χ2n) is 8.14. The number of nitrogens with one attached hydrogen (secondary N) is 2. The van der Waals surface area contributed by atoms with Gasteiger partial charge in [0, 0.05) is 24.8 Å². The Hall–Kier alpha value is -3.05. The van der Waals surface area contributed by atoms with Crippen molar-refractivity contribution in [3.05, 3.63) is 36.0 Å². The number of pyridine rings is 1. The van der Waals surface area contributed by atoms with E-state index in [1.165, 1.54) is 56.1 Å². The van der Waals surface area contributed by atoms with Crippen molar-refractivity contribution in [2.45, 2.75) is 25.2 Å². The quantitative estimate of drug-likeness (QED) is 0.556. The van der Waals surface area contributed by atoms with Crippen LogP contribution < -0.4 is 25.1 Å². The van der Waals surface area contributed by atoms with Crippen LogP contribution in [0.4, 0.5) is 5.82 Å². The summed E-state index contributed by atoms with van der Waals surface area (Å²) in [5.41, 5.74) is 5.48. The van der Waals surface area contributed by atoms with E-state index in [2.05, 4.69) is 29.7 Å². The van der Waals surface area contributed by atoms with Gasteiger partial charge in [-0.15, -0.1) is 0 Å². The maximum Gasteiger partial charge on any atom is 0.269 e. The number of benzene rings is 1. The third kappa shape index (κ3) is 5.48. The van der Waals surface area contributed by atoms with E-state index in [4.69, 9.17) is 14.2 Å². The Morgan fingerprint density at radius 2 is 1.64 bits per heavy atom. The van der Waals surface area contributed by atoms with Crippen LogP contribution in [0.5, 0.6) is 17.2 Å². The number of aromatic nitrogens is 1. The van der Waals surface area contributed by atoms with Crippen LogP contribution in [0.15, 0.2) is 35.4 Å². The van der Waals surface area contributed by atoms with E-state index in [-0.39, 0.29) is 16.3 Å². The Morgan fingerprint density at radius 1 is 1.03 bits per heavy atom. The van der Waals surface area contributed by atoms with Crippen molar-refractivity contribution in [3.63, 3.8) is 0 Å². The number of ether oxygens (including phenoxy) is 3. The number of rotatable bonds is 8. The lowest BCUT2D eigenvalue weighted by Gasteiger charge is -2.33. The topological polar surface area (TPSA) is 119 Å².